The van der Waals surface area contributed by atoms with E-state index in [2.05, 4.69) is 42.0 Å². The molecule has 1 aromatic carbocycles. The highest BCUT2D eigenvalue weighted by Crippen LogP contribution is 2.32. The number of ether oxygens (including phenoxy) is 1. The fourth-order valence-corrected chi connectivity index (χ4v) is 4.15. The number of urea groups is 1. The van der Waals surface area contributed by atoms with Crippen LogP contribution in [0.2, 0.25) is 5.02 Å². The highest BCUT2D eigenvalue weighted by molar-refractivity contribution is 6.31. The summed E-state index contributed by atoms with van der Waals surface area (Å²) in [5.41, 5.74) is 2.12. The first-order chi connectivity index (χ1) is 14.4. The molecular weight excluding hydrogens is 400 g/mol. The monoisotopic (exact) mass is 430 g/mol. The van der Waals surface area contributed by atoms with Crippen molar-refractivity contribution < 1.29 is 9.53 Å². The van der Waals surface area contributed by atoms with E-state index >= 15 is 0 Å². The van der Waals surface area contributed by atoms with Gasteiger partial charge in [0.2, 0.25) is 5.88 Å². The molecule has 1 fully saturated rings. The number of hydrogen-bond acceptors (Lipinski definition) is 4. The molecule has 0 aliphatic carbocycles. The summed E-state index contributed by atoms with van der Waals surface area (Å²) < 4.78 is 5.19. The Morgan fingerprint density at radius 3 is 2.60 bits per heavy atom. The lowest BCUT2D eigenvalue weighted by Crippen LogP contribution is -2.49. The number of para-hydroxylation sites is 1. The summed E-state index contributed by atoms with van der Waals surface area (Å²) >= 11 is 6.08. The summed E-state index contributed by atoms with van der Waals surface area (Å²) in [6.07, 6.45) is 1.87. The summed E-state index contributed by atoms with van der Waals surface area (Å²) in [4.78, 5) is 22.2. The van der Waals surface area contributed by atoms with Gasteiger partial charge in [0.15, 0.2) is 0 Å². The number of aromatic nitrogens is 1. The Kier molecular flexibility index (Phi) is 7.56. The Labute approximate surface area is 184 Å². The maximum absolute atomic E-state index is 13.5. The van der Waals surface area contributed by atoms with Gasteiger partial charge in [0.1, 0.15) is 10.8 Å². The van der Waals surface area contributed by atoms with Crippen LogP contribution < -0.4 is 15.0 Å². The van der Waals surface area contributed by atoms with Crippen molar-refractivity contribution in [3.63, 3.8) is 0 Å². The van der Waals surface area contributed by atoms with Gasteiger partial charge in [0.25, 0.3) is 0 Å². The summed E-state index contributed by atoms with van der Waals surface area (Å²) in [6.45, 7) is 9.50. The van der Waals surface area contributed by atoms with Crippen molar-refractivity contribution in [1.82, 2.24) is 9.88 Å². The third-order valence-corrected chi connectivity index (χ3v) is 5.94. The highest BCUT2D eigenvalue weighted by Gasteiger charge is 2.31. The summed E-state index contributed by atoms with van der Waals surface area (Å²) in [5.74, 6) is 1.01. The van der Waals surface area contributed by atoms with E-state index in [1.165, 1.54) is 7.11 Å². The maximum Gasteiger partial charge on any atom is 0.327 e. The van der Waals surface area contributed by atoms with Crippen LogP contribution in [0.1, 0.15) is 45.1 Å². The van der Waals surface area contributed by atoms with Crippen molar-refractivity contribution in [2.75, 3.05) is 37.0 Å². The molecule has 2 heterocycles. The standard InChI is InChI=1S/C23H31ClN4O2/c1-5-27-14-12-17(13-15-27)28(20-9-7-6-8-18(20)16(2)3)23(29)26-21-11-10-19(24)22(25-21)30-4/h6-11,16-17H,5,12-15H2,1-4H3,(H,25,26,29). The highest BCUT2D eigenvalue weighted by atomic mass is 35.5. The normalized spacial score (nSPS) is 15.3. The van der Waals surface area contributed by atoms with Crippen molar-refractivity contribution in [2.45, 2.75) is 45.6 Å². The van der Waals surface area contributed by atoms with E-state index < -0.39 is 0 Å². The molecule has 1 saturated heterocycles. The molecule has 0 bridgehead atoms. The smallest absolute Gasteiger partial charge is 0.327 e. The number of halogens is 1. The number of anilines is 2. The molecule has 0 radical (unpaired) electrons. The molecule has 30 heavy (non-hydrogen) atoms. The summed E-state index contributed by atoms with van der Waals surface area (Å²) in [5, 5.41) is 3.36. The average molecular weight is 431 g/mol. The van der Waals surface area contributed by atoms with Crippen LogP contribution in [-0.4, -0.2) is 48.7 Å². The number of nitrogens with zero attached hydrogens (tertiary/aromatic N) is 3. The van der Waals surface area contributed by atoms with Gasteiger partial charge in [0, 0.05) is 24.8 Å². The van der Waals surface area contributed by atoms with Crippen LogP contribution in [0, 0.1) is 0 Å². The number of carbonyl (C=O) groups is 1. The molecule has 2 amide bonds. The van der Waals surface area contributed by atoms with Crippen LogP contribution in [0.5, 0.6) is 5.88 Å². The lowest BCUT2D eigenvalue weighted by atomic mass is 9.97. The second-order valence-corrected chi connectivity index (χ2v) is 8.27. The van der Waals surface area contributed by atoms with E-state index in [4.69, 9.17) is 16.3 Å². The van der Waals surface area contributed by atoms with E-state index in [9.17, 15) is 4.79 Å². The zero-order valence-electron chi connectivity index (χ0n) is 18.2. The van der Waals surface area contributed by atoms with Gasteiger partial charge in [-0.2, -0.15) is 4.98 Å². The van der Waals surface area contributed by atoms with Crippen molar-refractivity contribution in [3.8, 4) is 5.88 Å². The number of hydrogen-bond donors (Lipinski definition) is 1. The molecule has 0 unspecified atom stereocenters. The number of pyridine rings is 1. The summed E-state index contributed by atoms with van der Waals surface area (Å²) in [7, 11) is 1.51. The predicted octanol–water partition coefficient (Wildman–Crippen LogP) is 5.39. The molecular formula is C23H31ClN4O2. The van der Waals surface area contributed by atoms with Crippen LogP contribution in [0.3, 0.4) is 0 Å². The van der Waals surface area contributed by atoms with Gasteiger partial charge in [0.05, 0.1) is 7.11 Å². The zero-order valence-corrected chi connectivity index (χ0v) is 18.9. The van der Waals surface area contributed by atoms with Gasteiger partial charge in [-0.3, -0.25) is 10.2 Å². The molecule has 1 aromatic heterocycles. The number of nitrogens with one attached hydrogen (secondary N) is 1. The Bertz CT molecular complexity index is 866. The predicted molar refractivity (Wildman–Crippen MR) is 123 cm³/mol. The van der Waals surface area contributed by atoms with Crippen molar-refractivity contribution in [1.29, 1.82) is 0 Å². The lowest BCUT2D eigenvalue weighted by molar-refractivity contribution is 0.214. The maximum atomic E-state index is 13.5. The van der Waals surface area contributed by atoms with Crippen LogP contribution >= 0.6 is 11.6 Å². The SMILES string of the molecule is CCN1CCC(N(C(=O)Nc2ccc(Cl)c(OC)n2)c2ccccc2C(C)C)CC1. The van der Waals surface area contributed by atoms with E-state index in [1.807, 2.05) is 23.1 Å². The number of piperidine rings is 1. The molecule has 3 rings (SSSR count). The number of carbonyl (C=O) groups excluding carboxylic acids is 1. The second kappa shape index (κ2) is 10.1. The molecule has 1 N–H and O–H groups in total. The fraction of sp³-hybridized carbons (Fsp3) is 0.478. The van der Waals surface area contributed by atoms with Gasteiger partial charge in [-0.25, -0.2) is 4.79 Å². The molecule has 0 atom stereocenters. The van der Waals surface area contributed by atoms with E-state index in [0.29, 0.717) is 22.6 Å². The van der Waals surface area contributed by atoms with E-state index in [0.717, 1.165) is 43.7 Å². The number of methoxy groups -OCH3 is 1. The van der Waals surface area contributed by atoms with Gasteiger partial charge in [-0.1, -0.05) is 50.6 Å². The number of benzene rings is 1. The van der Waals surface area contributed by atoms with Crippen LogP contribution in [0.25, 0.3) is 0 Å². The molecule has 1 aliphatic rings. The van der Waals surface area contributed by atoms with Crippen LogP contribution in [0.15, 0.2) is 36.4 Å². The van der Waals surface area contributed by atoms with Gasteiger partial charge >= 0.3 is 6.03 Å². The van der Waals surface area contributed by atoms with Crippen molar-refractivity contribution in [2.24, 2.45) is 0 Å². The Morgan fingerprint density at radius 2 is 1.97 bits per heavy atom. The first-order valence-corrected chi connectivity index (χ1v) is 10.9. The molecule has 1 aliphatic heterocycles. The molecule has 7 heteroatoms. The fourth-order valence-electron chi connectivity index (χ4n) is 3.97. The zero-order chi connectivity index (χ0) is 21.7. The largest absolute Gasteiger partial charge is 0.480 e. The topological polar surface area (TPSA) is 57.7 Å². The molecule has 6 nitrogen and oxygen atoms in total. The lowest BCUT2D eigenvalue weighted by Gasteiger charge is -2.39. The minimum atomic E-state index is -0.185. The minimum absolute atomic E-state index is 0.127. The number of rotatable bonds is 6. The van der Waals surface area contributed by atoms with Crippen LogP contribution in [-0.2, 0) is 0 Å². The van der Waals surface area contributed by atoms with Crippen molar-refractivity contribution >= 4 is 29.1 Å². The number of amides is 2. The van der Waals surface area contributed by atoms with E-state index in [-0.39, 0.29) is 12.1 Å². The Hall–Kier alpha value is -2.31. The molecule has 0 saturated carbocycles. The first kappa shape index (κ1) is 22.4. The van der Waals surface area contributed by atoms with Crippen LogP contribution in [0.4, 0.5) is 16.3 Å². The minimum Gasteiger partial charge on any atom is -0.480 e. The second-order valence-electron chi connectivity index (χ2n) is 7.87. The van der Waals surface area contributed by atoms with Crippen molar-refractivity contribution in [3.05, 3.63) is 47.0 Å². The Balaban J connectivity index is 1.92. The third kappa shape index (κ3) is 5.05. The third-order valence-electron chi connectivity index (χ3n) is 5.65. The van der Waals surface area contributed by atoms with Gasteiger partial charge < -0.3 is 9.64 Å². The Morgan fingerprint density at radius 1 is 1.27 bits per heavy atom. The average Bonchev–Trinajstić information content (AvgIpc) is 2.76. The van der Waals surface area contributed by atoms with E-state index in [1.54, 1.807) is 12.1 Å². The summed E-state index contributed by atoms with van der Waals surface area (Å²) in [6, 6.07) is 11.5. The quantitative estimate of drug-likeness (QED) is 0.667. The number of likely N-dealkylation sites (tertiary alicyclic amines) is 1. The van der Waals surface area contributed by atoms with Gasteiger partial charge in [-0.05, 0) is 49.1 Å². The molecule has 0 spiro atoms. The first-order valence-electron chi connectivity index (χ1n) is 10.6. The van der Waals surface area contributed by atoms with Gasteiger partial charge in [-0.15, -0.1) is 0 Å². The molecule has 2 aromatic rings. The molecule has 162 valence electrons.